The molecule has 186 valence electrons. The Balaban J connectivity index is 1.55. The van der Waals surface area contributed by atoms with Crippen molar-refractivity contribution in [1.82, 2.24) is 4.57 Å². The van der Waals surface area contributed by atoms with Crippen LogP contribution in [-0.4, -0.2) is 64.4 Å². The lowest BCUT2D eigenvalue weighted by Crippen LogP contribution is -2.35. The third-order valence-electron chi connectivity index (χ3n) is 7.10. The van der Waals surface area contributed by atoms with Crippen LogP contribution in [0.1, 0.15) is 30.9 Å². The number of piperidine rings is 1. The maximum Gasteiger partial charge on any atom is 0.197 e. The average Bonchev–Trinajstić information content (AvgIpc) is 2.87. The second-order valence-corrected chi connectivity index (χ2v) is 9.28. The van der Waals surface area contributed by atoms with Gasteiger partial charge >= 0.3 is 0 Å². The molecule has 1 saturated heterocycles. The van der Waals surface area contributed by atoms with Crippen molar-refractivity contribution in [1.29, 1.82) is 0 Å². The molecule has 2 aromatic rings. The van der Waals surface area contributed by atoms with Gasteiger partial charge in [0.05, 0.1) is 12.3 Å². The van der Waals surface area contributed by atoms with Gasteiger partial charge in [0.25, 0.3) is 0 Å². The molecule has 2 aliphatic heterocycles. The zero-order chi connectivity index (χ0) is 24.1. The van der Waals surface area contributed by atoms with E-state index in [9.17, 15) is 4.79 Å². The number of pyridine rings is 1. The fourth-order valence-corrected chi connectivity index (χ4v) is 5.05. The number of nitrogens with zero attached hydrogens (tertiary/aromatic N) is 2. The lowest BCUT2D eigenvalue weighted by atomic mass is 9.93. The predicted octanol–water partition coefficient (Wildman–Crippen LogP) is 3.67. The standard InChI is InChI=1S/C27H38N2O5/c1-5-33-16-20-8-11-28(12-9-20)22-6-7-24-21(14-22)10-13-29-26(15-25(30)19(2)27(24)29)34-18-23(32-4)17-31-3/h6-7,14-15,20,23H,5,8-13,16-18H2,1-4H3/t23-/m0/s1. The summed E-state index contributed by atoms with van der Waals surface area (Å²) in [6, 6.07) is 8.30. The first kappa shape index (κ1) is 24.8. The van der Waals surface area contributed by atoms with Crippen molar-refractivity contribution >= 4 is 5.69 Å². The van der Waals surface area contributed by atoms with E-state index >= 15 is 0 Å². The molecule has 1 fully saturated rings. The van der Waals surface area contributed by atoms with Crippen molar-refractivity contribution in [3.8, 4) is 17.1 Å². The molecule has 0 bridgehead atoms. The van der Waals surface area contributed by atoms with E-state index < -0.39 is 0 Å². The molecule has 0 aliphatic carbocycles. The molecule has 0 radical (unpaired) electrons. The molecule has 1 aromatic carbocycles. The van der Waals surface area contributed by atoms with Gasteiger partial charge in [-0.3, -0.25) is 4.79 Å². The van der Waals surface area contributed by atoms with E-state index in [1.54, 1.807) is 20.3 Å². The highest BCUT2D eigenvalue weighted by molar-refractivity contribution is 5.72. The molecule has 3 heterocycles. The molecule has 34 heavy (non-hydrogen) atoms. The maximum absolute atomic E-state index is 12.8. The van der Waals surface area contributed by atoms with Crippen LogP contribution in [0.2, 0.25) is 0 Å². The SMILES string of the molecule is CCOCC1CCN(c2ccc3c(c2)CCn2c(OC[C@H](COC)OC)cc(=O)c(C)c2-3)CC1. The Labute approximate surface area is 202 Å². The number of benzene rings is 1. The van der Waals surface area contributed by atoms with Crippen LogP contribution in [0.3, 0.4) is 0 Å². The monoisotopic (exact) mass is 470 g/mol. The van der Waals surface area contributed by atoms with Gasteiger partial charge in [-0.25, -0.2) is 0 Å². The van der Waals surface area contributed by atoms with E-state index in [1.807, 2.05) is 6.92 Å². The van der Waals surface area contributed by atoms with E-state index in [-0.39, 0.29) is 11.5 Å². The highest BCUT2D eigenvalue weighted by Crippen LogP contribution is 2.36. The largest absolute Gasteiger partial charge is 0.476 e. The van der Waals surface area contributed by atoms with Gasteiger partial charge in [0.1, 0.15) is 12.7 Å². The number of ether oxygens (including phenoxy) is 4. The molecule has 7 heteroatoms. The summed E-state index contributed by atoms with van der Waals surface area (Å²) in [5, 5.41) is 0. The zero-order valence-corrected chi connectivity index (χ0v) is 21.0. The Morgan fingerprint density at radius 2 is 1.88 bits per heavy atom. The quantitative estimate of drug-likeness (QED) is 0.528. The van der Waals surface area contributed by atoms with E-state index in [4.69, 9.17) is 18.9 Å². The first-order valence-electron chi connectivity index (χ1n) is 12.4. The van der Waals surface area contributed by atoms with Crippen molar-refractivity contribution in [2.75, 3.05) is 58.6 Å². The first-order valence-corrected chi connectivity index (χ1v) is 12.4. The lowest BCUT2D eigenvalue weighted by molar-refractivity contribution is -0.000948. The van der Waals surface area contributed by atoms with E-state index in [0.717, 1.165) is 56.1 Å². The molecule has 4 rings (SSSR count). The molecule has 0 saturated carbocycles. The minimum absolute atomic E-state index is 0.00439. The topological polar surface area (TPSA) is 62.2 Å². The van der Waals surface area contributed by atoms with Crippen LogP contribution in [0, 0.1) is 12.8 Å². The Hall–Kier alpha value is -2.35. The van der Waals surface area contributed by atoms with Gasteiger partial charge in [0, 0.05) is 69.9 Å². The number of anilines is 1. The summed E-state index contributed by atoms with van der Waals surface area (Å²) < 4.78 is 24.4. The van der Waals surface area contributed by atoms with Gasteiger partial charge in [-0.1, -0.05) is 6.07 Å². The Bertz CT molecular complexity index is 1030. The molecule has 1 aromatic heterocycles. The number of fused-ring (bicyclic) bond motifs is 3. The van der Waals surface area contributed by atoms with Crippen molar-refractivity contribution in [2.45, 2.75) is 45.8 Å². The summed E-state index contributed by atoms with van der Waals surface area (Å²) in [7, 11) is 3.28. The minimum Gasteiger partial charge on any atom is -0.476 e. The van der Waals surface area contributed by atoms with Crippen molar-refractivity contribution in [3.63, 3.8) is 0 Å². The van der Waals surface area contributed by atoms with Gasteiger partial charge < -0.3 is 28.4 Å². The van der Waals surface area contributed by atoms with Gasteiger partial charge in [-0.05, 0) is 56.7 Å². The van der Waals surface area contributed by atoms with Crippen molar-refractivity contribution in [2.24, 2.45) is 5.92 Å². The van der Waals surface area contributed by atoms with Crippen LogP contribution in [0.15, 0.2) is 29.1 Å². The van der Waals surface area contributed by atoms with Gasteiger partial charge in [-0.2, -0.15) is 0 Å². The van der Waals surface area contributed by atoms with Crippen LogP contribution >= 0.6 is 0 Å². The predicted molar refractivity (Wildman–Crippen MR) is 134 cm³/mol. The van der Waals surface area contributed by atoms with Crippen LogP contribution < -0.4 is 15.1 Å². The number of aryl methyl sites for hydroxylation is 1. The maximum atomic E-state index is 12.8. The summed E-state index contributed by atoms with van der Waals surface area (Å²) in [4.78, 5) is 15.3. The molecule has 2 aliphatic rings. The second-order valence-electron chi connectivity index (χ2n) is 9.28. The van der Waals surface area contributed by atoms with Gasteiger partial charge in [0.15, 0.2) is 11.3 Å². The fraction of sp³-hybridized carbons (Fsp3) is 0.593. The highest BCUT2D eigenvalue weighted by atomic mass is 16.6. The summed E-state index contributed by atoms with van der Waals surface area (Å²) >= 11 is 0. The number of aromatic nitrogens is 1. The Morgan fingerprint density at radius 1 is 1.09 bits per heavy atom. The van der Waals surface area contributed by atoms with Gasteiger partial charge in [-0.15, -0.1) is 0 Å². The van der Waals surface area contributed by atoms with Crippen LogP contribution in [0.5, 0.6) is 5.88 Å². The van der Waals surface area contributed by atoms with E-state index in [2.05, 4.69) is 34.6 Å². The number of hydrogen-bond acceptors (Lipinski definition) is 6. The van der Waals surface area contributed by atoms with Crippen molar-refractivity contribution < 1.29 is 18.9 Å². The Morgan fingerprint density at radius 3 is 2.59 bits per heavy atom. The lowest BCUT2D eigenvalue weighted by Gasteiger charge is -2.34. The molecule has 0 amide bonds. The third kappa shape index (κ3) is 5.32. The molecule has 7 nitrogen and oxygen atoms in total. The highest BCUT2D eigenvalue weighted by Gasteiger charge is 2.25. The molecule has 0 unspecified atom stereocenters. The number of rotatable bonds is 10. The van der Waals surface area contributed by atoms with Crippen LogP contribution in [0.4, 0.5) is 5.69 Å². The minimum atomic E-state index is -0.186. The fourth-order valence-electron chi connectivity index (χ4n) is 5.05. The number of methoxy groups -OCH3 is 2. The molecular formula is C27H38N2O5. The normalized spacial score (nSPS) is 16.8. The molecule has 0 spiro atoms. The second kappa shape index (κ2) is 11.4. The van der Waals surface area contributed by atoms with Gasteiger partial charge in [0.2, 0.25) is 0 Å². The zero-order valence-electron chi connectivity index (χ0n) is 21.0. The summed E-state index contributed by atoms with van der Waals surface area (Å²) in [5.74, 6) is 1.25. The van der Waals surface area contributed by atoms with E-state index in [1.165, 1.54) is 24.1 Å². The third-order valence-corrected chi connectivity index (χ3v) is 7.10. The molecular weight excluding hydrogens is 432 g/mol. The molecule has 1 atom stereocenters. The summed E-state index contributed by atoms with van der Waals surface area (Å²) in [6.45, 7) is 9.31. The van der Waals surface area contributed by atoms with Crippen molar-refractivity contribution in [3.05, 3.63) is 45.6 Å². The first-order chi connectivity index (χ1) is 16.5. The van der Waals surface area contributed by atoms with E-state index in [0.29, 0.717) is 25.0 Å². The number of hydrogen-bond donors (Lipinski definition) is 0. The summed E-state index contributed by atoms with van der Waals surface area (Å²) in [5.41, 5.74) is 5.42. The summed E-state index contributed by atoms with van der Waals surface area (Å²) in [6.07, 6.45) is 3.05. The average molecular weight is 471 g/mol. The van der Waals surface area contributed by atoms with Crippen LogP contribution in [0.25, 0.3) is 11.3 Å². The Kier molecular flexibility index (Phi) is 8.29. The molecule has 0 N–H and O–H groups in total. The smallest absolute Gasteiger partial charge is 0.197 e. The van der Waals surface area contributed by atoms with Crippen LogP contribution in [-0.2, 0) is 27.2 Å².